The Balaban J connectivity index is 3.03. The quantitative estimate of drug-likeness (QED) is 0.709. The normalized spacial score (nSPS) is 10.7. The maximum Gasteiger partial charge on any atom is 0.328 e. The number of fused-ring (bicyclic) bond motifs is 1. The highest BCUT2D eigenvalue weighted by molar-refractivity contribution is 5.79. The molecule has 0 atom stereocenters. The van der Waals surface area contributed by atoms with Gasteiger partial charge in [0.25, 0.3) is 5.56 Å². The molecule has 0 spiro atoms. The number of aromatic hydroxyl groups is 1. The van der Waals surface area contributed by atoms with Gasteiger partial charge in [0.2, 0.25) is 0 Å². The van der Waals surface area contributed by atoms with Gasteiger partial charge in [-0.3, -0.25) is 14.3 Å². The Kier molecular flexibility index (Phi) is 2.07. The van der Waals surface area contributed by atoms with Crippen molar-refractivity contribution in [2.45, 2.75) is 13.5 Å². The Labute approximate surface area is 84.6 Å². The van der Waals surface area contributed by atoms with Crippen molar-refractivity contribution in [2.24, 2.45) is 0 Å². The second-order valence-electron chi connectivity index (χ2n) is 3.20. The number of aromatic amines is 1. The zero-order valence-corrected chi connectivity index (χ0v) is 8.15. The summed E-state index contributed by atoms with van der Waals surface area (Å²) in [6.07, 6.45) is 0. The summed E-state index contributed by atoms with van der Waals surface area (Å²) in [4.78, 5) is 25.1. The number of phenolic OH excluding ortho intramolecular Hbond substituents is 1. The number of rotatable bonds is 1. The van der Waals surface area contributed by atoms with Crippen LogP contribution in [0.1, 0.15) is 6.92 Å². The maximum absolute atomic E-state index is 11.4. The molecule has 0 radical (unpaired) electrons. The number of hydrogen-bond acceptors (Lipinski definition) is 3. The van der Waals surface area contributed by atoms with E-state index in [0.717, 1.165) is 0 Å². The lowest BCUT2D eigenvalue weighted by Gasteiger charge is -2.06. The van der Waals surface area contributed by atoms with Crippen molar-refractivity contribution in [3.8, 4) is 5.75 Å². The number of H-pyrrole nitrogens is 1. The molecule has 2 aromatic rings. The predicted octanol–water partition coefficient (Wildman–Crippen LogP) is 0.415. The molecule has 1 heterocycles. The van der Waals surface area contributed by atoms with Crippen LogP contribution in [-0.2, 0) is 6.54 Å². The molecule has 0 aliphatic carbocycles. The van der Waals surface area contributed by atoms with Gasteiger partial charge in [-0.25, -0.2) is 4.79 Å². The Morgan fingerprint density at radius 2 is 2.13 bits per heavy atom. The molecule has 1 aromatic carbocycles. The van der Waals surface area contributed by atoms with Crippen molar-refractivity contribution >= 4 is 10.9 Å². The Morgan fingerprint density at radius 1 is 1.40 bits per heavy atom. The molecule has 5 heteroatoms. The van der Waals surface area contributed by atoms with E-state index in [2.05, 4.69) is 4.98 Å². The average Bonchev–Trinajstić information content (AvgIpc) is 2.19. The van der Waals surface area contributed by atoms with Gasteiger partial charge in [-0.1, -0.05) is 0 Å². The largest absolute Gasteiger partial charge is 0.508 e. The topological polar surface area (TPSA) is 75.1 Å². The van der Waals surface area contributed by atoms with Gasteiger partial charge in [-0.05, 0) is 25.1 Å². The van der Waals surface area contributed by atoms with Crippen LogP contribution in [0.3, 0.4) is 0 Å². The van der Waals surface area contributed by atoms with Crippen molar-refractivity contribution in [3.05, 3.63) is 39.0 Å². The zero-order chi connectivity index (χ0) is 11.0. The van der Waals surface area contributed by atoms with E-state index >= 15 is 0 Å². The van der Waals surface area contributed by atoms with Crippen molar-refractivity contribution in [3.63, 3.8) is 0 Å². The van der Waals surface area contributed by atoms with Crippen molar-refractivity contribution in [2.75, 3.05) is 0 Å². The molecule has 5 nitrogen and oxygen atoms in total. The zero-order valence-electron chi connectivity index (χ0n) is 8.15. The lowest BCUT2D eigenvalue weighted by molar-refractivity contribution is 0.476. The fraction of sp³-hybridized carbons (Fsp3) is 0.200. The average molecular weight is 206 g/mol. The third-order valence-electron chi connectivity index (χ3n) is 2.30. The summed E-state index contributed by atoms with van der Waals surface area (Å²) >= 11 is 0. The van der Waals surface area contributed by atoms with E-state index in [4.69, 9.17) is 0 Å². The molecule has 2 rings (SSSR count). The number of nitrogens with one attached hydrogen (secondary N) is 1. The molecule has 0 bridgehead atoms. The Bertz CT molecular complexity index is 625. The molecule has 2 N–H and O–H groups in total. The number of benzene rings is 1. The molecule has 0 saturated carbocycles. The number of aromatic nitrogens is 2. The van der Waals surface area contributed by atoms with E-state index in [9.17, 15) is 14.7 Å². The van der Waals surface area contributed by atoms with Gasteiger partial charge in [0, 0.05) is 6.54 Å². The number of nitrogens with zero attached hydrogens (tertiary/aromatic N) is 1. The summed E-state index contributed by atoms with van der Waals surface area (Å²) < 4.78 is 1.44. The summed E-state index contributed by atoms with van der Waals surface area (Å²) in [5.74, 6) is 0.00861. The van der Waals surface area contributed by atoms with Gasteiger partial charge in [0.05, 0.1) is 10.9 Å². The van der Waals surface area contributed by atoms with Crippen LogP contribution < -0.4 is 11.2 Å². The fourth-order valence-corrected chi connectivity index (χ4v) is 1.60. The summed E-state index contributed by atoms with van der Waals surface area (Å²) in [6.45, 7) is 2.28. The van der Waals surface area contributed by atoms with E-state index in [1.807, 2.05) is 6.92 Å². The molecule has 0 amide bonds. The van der Waals surface area contributed by atoms with Gasteiger partial charge in [0.15, 0.2) is 0 Å². The van der Waals surface area contributed by atoms with Crippen LogP contribution in [0.25, 0.3) is 10.9 Å². The summed E-state index contributed by atoms with van der Waals surface area (Å²) in [7, 11) is 0. The number of phenols is 1. The molecule has 1 aromatic heterocycles. The lowest BCUT2D eigenvalue weighted by atomic mass is 10.2. The third-order valence-corrected chi connectivity index (χ3v) is 2.30. The van der Waals surface area contributed by atoms with E-state index in [1.165, 1.54) is 16.7 Å². The molecule has 0 aliphatic rings. The molecular weight excluding hydrogens is 196 g/mol. The smallest absolute Gasteiger partial charge is 0.328 e. The van der Waals surface area contributed by atoms with E-state index in [-0.39, 0.29) is 5.75 Å². The van der Waals surface area contributed by atoms with Crippen LogP contribution in [0.4, 0.5) is 0 Å². The van der Waals surface area contributed by atoms with Crippen LogP contribution in [0.5, 0.6) is 5.75 Å². The second-order valence-corrected chi connectivity index (χ2v) is 3.20. The lowest BCUT2D eigenvalue weighted by Crippen LogP contribution is -2.29. The van der Waals surface area contributed by atoms with Crippen LogP contribution in [0.15, 0.2) is 27.8 Å². The minimum absolute atomic E-state index is 0.00861. The Morgan fingerprint density at radius 3 is 2.80 bits per heavy atom. The molecule has 0 fully saturated rings. The highest BCUT2D eigenvalue weighted by Gasteiger charge is 2.06. The third kappa shape index (κ3) is 1.41. The molecule has 78 valence electrons. The highest BCUT2D eigenvalue weighted by atomic mass is 16.3. The number of hydrogen-bond donors (Lipinski definition) is 2. The summed E-state index contributed by atoms with van der Waals surface area (Å²) in [5, 5.41) is 9.56. The first-order chi connectivity index (χ1) is 7.13. The van der Waals surface area contributed by atoms with Gasteiger partial charge in [0.1, 0.15) is 5.75 Å². The van der Waals surface area contributed by atoms with Gasteiger partial charge >= 0.3 is 5.69 Å². The predicted molar refractivity (Wildman–Crippen MR) is 56.2 cm³/mol. The summed E-state index contributed by atoms with van der Waals surface area (Å²) in [5.41, 5.74) is -0.375. The van der Waals surface area contributed by atoms with E-state index in [1.54, 1.807) is 6.07 Å². The van der Waals surface area contributed by atoms with E-state index < -0.39 is 11.2 Å². The van der Waals surface area contributed by atoms with Gasteiger partial charge in [-0.15, -0.1) is 0 Å². The molecule has 0 saturated heterocycles. The van der Waals surface area contributed by atoms with Crippen LogP contribution in [0.2, 0.25) is 0 Å². The molecule has 15 heavy (non-hydrogen) atoms. The maximum atomic E-state index is 11.4. The highest BCUT2D eigenvalue weighted by Crippen LogP contribution is 2.14. The molecule has 0 unspecified atom stereocenters. The minimum atomic E-state index is -0.476. The van der Waals surface area contributed by atoms with Gasteiger partial charge < -0.3 is 5.11 Å². The minimum Gasteiger partial charge on any atom is -0.508 e. The molecular formula is C10H10N2O3. The monoisotopic (exact) mass is 206 g/mol. The van der Waals surface area contributed by atoms with E-state index in [0.29, 0.717) is 17.4 Å². The number of aryl methyl sites for hydroxylation is 1. The second kappa shape index (κ2) is 3.27. The van der Waals surface area contributed by atoms with Crippen LogP contribution in [-0.4, -0.2) is 14.7 Å². The SMILES string of the molecule is CCn1c(=O)[nH]c(=O)c2cc(O)ccc21. The van der Waals surface area contributed by atoms with Crippen molar-refractivity contribution in [1.82, 2.24) is 9.55 Å². The fourth-order valence-electron chi connectivity index (χ4n) is 1.60. The first-order valence-corrected chi connectivity index (χ1v) is 4.59. The Hall–Kier alpha value is -2.04. The first-order valence-electron chi connectivity index (χ1n) is 4.59. The van der Waals surface area contributed by atoms with Crippen molar-refractivity contribution in [1.29, 1.82) is 0 Å². The first kappa shape index (κ1) is 9.51. The van der Waals surface area contributed by atoms with Gasteiger partial charge in [-0.2, -0.15) is 0 Å². The van der Waals surface area contributed by atoms with Crippen LogP contribution >= 0.6 is 0 Å². The standard InChI is InChI=1S/C10H10N2O3/c1-2-12-8-4-3-6(13)5-7(8)9(14)11-10(12)15/h3-5,13H,2H2,1H3,(H,11,14,15). The van der Waals surface area contributed by atoms with Crippen molar-refractivity contribution < 1.29 is 5.11 Å². The van der Waals surface area contributed by atoms with Crippen LogP contribution in [0, 0.1) is 0 Å². The molecule has 0 aliphatic heterocycles. The summed E-state index contributed by atoms with van der Waals surface area (Å²) in [6, 6.07) is 4.36.